The summed E-state index contributed by atoms with van der Waals surface area (Å²) in [5.74, 6) is 2.84. The number of likely N-dealkylation sites (tertiary alicyclic amines) is 1. The number of rotatable bonds is 5. The average molecular weight is 339 g/mol. The Morgan fingerprint density at radius 2 is 2.00 bits per heavy atom. The first-order chi connectivity index (χ1) is 12.2. The van der Waals surface area contributed by atoms with Crippen LogP contribution in [0.4, 0.5) is 5.95 Å². The number of fused-ring (bicyclic) bond motifs is 1. The maximum atomic E-state index is 5.90. The van der Waals surface area contributed by atoms with Gasteiger partial charge >= 0.3 is 0 Å². The SMILES string of the molecule is CCc1ccc(Cn2c(NC3CCN(C)CC3)nc3cccnc32)o1. The van der Waals surface area contributed by atoms with Gasteiger partial charge in [0, 0.05) is 18.7 Å². The highest BCUT2D eigenvalue weighted by Gasteiger charge is 2.20. The van der Waals surface area contributed by atoms with Gasteiger partial charge in [0.15, 0.2) is 5.65 Å². The average Bonchev–Trinajstić information content (AvgIpc) is 3.22. The van der Waals surface area contributed by atoms with Crippen LogP contribution < -0.4 is 5.32 Å². The fourth-order valence-corrected chi connectivity index (χ4v) is 3.41. The topological polar surface area (TPSA) is 59.1 Å². The van der Waals surface area contributed by atoms with Crippen LogP contribution in [0.5, 0.6) is 0 Å². The van der Waals surface area contributed by atoms with Gasteiger partial charge in [-0.1, -0.05) is 6.92 Å². The quantitative estimate of drug-likeness (QED) is 0.774. The maximum Gasteiger partial charge on any atom is 0.205 e. The van der Waals surface area contributed by atoms with E-state index < -0.39 is 0 Å². The lowest BCUT2D eigenvalue weighted by Gasteiger charge is -2.29. The molecular weight excluding hydrogens is 314 g/mol. The summed E-state index contributed by atoms with van der Waals surface area (Å²) < 4.78 is 8.03. The van der Waals surface area contributed by atoms with E-state index in [4.69, 9.17) is 9.40 Å². The van der Waals surface area contributed by atoms with E-state index in [1.54, 1.807) is 0 Å². The second kappa shape index (κ2) is 6.88. The molecule has 0 bridgehead atoms. The van der Waals surface area contributed by atoms with E-state index in [1.807, 2.05) is 30.5 Å². The zero-order chi connectivity index (χ0) is 17.2. The Morgan fingerprint density at radius 3 is 2.76 bits per heavy atom. The number of nitrogens with zero attached hydrogens (tertiary/aromatic N) is 4. The van der Waals surface area contributed by atoms with Gasteiger partial charge in [-0.2, -0.15) is 0 Å². The molecule has 0 radical (unpaired) electrons. The highest BCUT2D eigenvalue weighted by Crippen LogP contribution is 2.23. The molecule has 3 aromatic heterocycles. The van der Waals surface area contributed by atoms with Crippen molar-refractivity contribution < 1.29 is 4.42 Å². The standard InChI is InChI=1S/C19H25N5O/c1-3-15-6-7-16(25-15)13-24-18-17(5-4-10-20-18)22-19(24)21-14-8-11-23(2)12-9-14/h4-7,10,14H,3,8-9,11-13H2,1-2H3,(H,21,22). The van der Waals surface area contributed by atoms with Gasteiger partial charge in [-0.15, -0.1) is 0 Å². The number of hydrogen-bond acceptors (Lipinski definition) is 5. The molecule has 132 valence electrons. The van der Waals surface area contributed by atoms with Crippen LogP contribution in [0, 0.1) is 0 Å². The minimum Gasteiger partial charge on any atom is -0.464 e. The van der Waals surface area contributed by atoms with Crippen LogP contribution in [0.25, 0.3) is 11.2 Å². The van der Waals surface area contributed by atoms with E-state index >= 15 is 0 Å². The van der Waals surface area contributed by atoms with E-state index in [0.717, 1.165) is 61.0 Å². The van der Waals surface area contributed by atoms with Crippen LogP contribution >= 0.6 is 0 Å². The third-order valence-corrected chi connectivity index (χ3v) is 4.94. The molecule has 1 N–H and O–H groups in total. The number of anilines is 1. The zero-order valence-corrected chi connectivity index (χ0v) is 14.9. The molecule has 0 aromatic carbocycles. The van der Waals surface area contributed by atoms with Gasteiger partial charge in [0.05, 0.1) is 6.54 Å². The van der Waals surface area contributed by atoms with E-state index in [9.17, 15) is 0 Å². The molecule has 25 heavy (non-hydrogen) atoms. The summed E-state index contributed by atoms with van der Waals surface area (Å²) in [6.45, 7) is 4.98. The van der Waals surface area contributed by atoms with Gasteiger partial charge in [-0.05, 0) is 57.2 Å². The van der Waals surface area contributed by atoms with Crippen LogP contribution in [0.15, 0.2) is 34.9 Å². The van der Waals surface area contributed by atoms with Crippen molar-refractivity contribution in [3.05, 3.63) is 42.0 Å². The highest BCUT2D eigenvalue weighted by atomic mass is 16.3. The molecule has 0 amide bonds. The third-order valence-electron chi connectivity index (χ3n) is 4.94. The smallest absolute Gasteiger partial charge is 0.205 e. The predicted molar refractivity (Wildman–Crippen MR) is 98.9 cm³/mol. The fourth-order valence-electron chi connectivity index (χ4n) is 3.41. The minimum atomic E-state index is 0.453. The summed E-state index contributed by atoms with van der Waals surface area (Å²) in [6.07, 6.45) is 4.99. The molecule has 1 aliphatic heterocycles. The molecular formula is C19H25N5O. The van der Waals surface area contributed by atoms with Gasteiger partial charge < -0.3 is 14.6 Å². The number of aromatic nitrogens is 3. The molecule has 1 aliphatic rings. The molecule has 0 atom stereocenters. The molecule has 3 aromatic rings. The molecule has 1 saturated heterocycles. The second-order valence-electron chi connectivity index (χ2n) is 6.81. The van der Waals surface area contributed by atoms with Crippen LogP contribution in [0.1, 0.15) is 31.3 Å². The van der Waals surface area contributed by atoms with Crippen molar-refractivity contribution in [2.24, 2.45) is 0 Å². The number of piperidine rings is 1. The number of furan rings is 1. The summed E-state index contributed by atoms with van der Waals surface area (Å²) in [4.78, 5) is 11.7. The normalized spacial score (nSPS) is 16.6. The van der Waals surface area contributed by atoms with Crippen molar-refractivity contribution >= 4 is 17.1 Å². The van der Waals surface area contributed by atoms with Crippen LogP contribution in [0.3, 0.4) is 0 Å². The van der Waals surface area contributed by atoms with Gasteiger partial charge in [0.2, 0.25) is 5.95 Å². The number of imidazole rings is 1. The lowest BCUT2D eigenvalue weighted by Crippen LogP contribution is -2.37. The highest BCUT2D eigenvalue weighted by molar-refractivity contribution is 5.74. The molecule has 4 heterocycles. The molecule has 0 saturated carbocycles. The molecule has 4 rings (SSSR count). The number of nitrogens with one attached hydrogen (secondary N) is 1. The summed E-state index contributed by atoms with van der Waals surface area (Å²) in [5, 5.41) is 3.64. The van der Waals surface area contributed by atoms with Gasteiger partial charge in [-0.25, -0.2) is 9.97 Å². The Labute approximate surface area is 147 Å². The minimum absolute atomic E-state index is 0.453. The van der Waals surface area contributed by atoms with Gasteiger partial charge in [0.1, 0.15) is 17.0 Å². The van der Waals surface area contributed by atoms with Crippen molar-refractivity contribution in [3.8, 4) is 0 Å². The van der Waals surface area contributed by atoms with Crippen LogP contribution in [-0.2, 0) is 13.0 Å². The monoisotopic (exact) mass is 339 g/mol. The molecule has 0 aliphatic carbocycles. The Hall–Kier alpha value is -2.34. The van der Waals surface area contributed by atoms with Crippen LogP contribution in [0.2, 0.25) is 0 Å². The van der Waals surface area contributed by atoms with Crippen molar-refractivity contribution in [2.75, 3.05) is 25.5 Å². The first kappa shape index (κ1) is 16.1. The first-order valence-corrected chi connectivity index (χ1v) is 9.07. The summed E-state index contributed by atoms with van der Waals surface area (Å²) in [7, 11) is 2.18. The lowest BCUT2D eigenvalue weighted by atomic mass is 10.1. The van der Waals surface area contributed by atoms with Crippen molar-refractivity contribution in [1.82, 2.24) is 19.4 Å². The number of hydrogen-bond donors (Lipinski definition) is 1. The molecule has 0 spiro atoms. The molecule has 6 heteroatoms. The zero-order valence-electron chi connectivity index (χ0n) is 14.9. The Balaban J connectivity index is 1.63. The van der Waals surface area contributed by atoms with E-state index in [2.05, 4.69) is 33.7 Å². The first-order valence-electron chi connectivity index (χ1n) is 9.07. The van der Waals surface area contributed by atoms with E-state index in [1.165, 1.54) is 0 Å². The molecule has 0 unspecified atom stereocenters. The number of pyridine rings is 1. The van der Waals surface area contributed by atoms with Gasteiger partial charge in [-0.3, -0.25) is 4.57 Å². The van der Waals surface area contributed by atoms with Crippen molar-refractivity contribution in [2.45, 2.75) is 38.8 Å². The second-order valence-corrected chi connectivity index (χ2v) is 6.81. The van der Waals surface area contributed by atoms with E-state index in [-0.39, 0.29) is 0 Å². The predicted octanol–water partition coefficient (Wildman–Crippen LogP) is 3.14. The number of aryl methyl sites for hydroxylation is 1. The lowest BCUT2D eigenvalue weighted by molar-refractivity contribution is 0.263. The Morgan fingerprint density at radius 1 is 1.20 bits per heavy atom. The summed E-state index contributed by atoms with van der Waals surface area (Å²) >= 11 is 0. The molecule has 6 nitrogen and oxygen atoms in total. The Bertz CT molecular complexity index is 844. The maximum absolute atomic E-state index is 5.90. The Kier molecular flexibility index (Phi) is 4.44. The van der Waals surface area contributed by atoms with E-state index in [0.29, 0.717) is 12.6 Å². The third kappa shape index (κ3) is 3.39. The van der Waals surface area contributed by atoms with Crippen molar-refractivity contribution in [1.29, 1.82) is 0 Å². The van der Waals surface area contributed by atoms with Crippen LogP contribution in [-0.4, -0.2) is 45.6 Å². The summed E-state index contributed by atoms with van der Waals surface area (Å²) in [5.41, 5.74) is 1.81. The van der Waals surface area contributed by atoms with Gasteiger partial charge in [0.25, 0.3) is 0 Å². The largest absolute Gasteiger partial charge is 0.464 e. The molecule has 1 fully saturated rings. The van der Waals surface area contributed by atoms with Crippen molar-refractivity contribution in [3.63, 3.8) is 0 Å². The summed E-state index contributed by atoms with van der Waals surface area (Å²) in [6, 6.07) is 8.49. The fraction of sp³-hybridized carbons (Fsp3) is 0.474.